The summed E-state index contributed by atoms with van der Waals surface area (Å²) < 4.78 is 20.7. The average molecular weight is 784 g/mol. The molecule has 0 spiro atoms. The van der Waals surface area contributed by atoms with Gasteiger partial charge >= 0.3 is 0 Å². The highest BCUT2D eigenvalue weighted by Gasteiger charge is 2.36. The van der Waals surface area contributed by atoms with Gasteiger partial charge < -0.3 is 9.13 Å². The van der Waals surface area contributed by atoms with Crippen LogP contribution in [-0.2, 0) is 9.98 Å². The minimum atomic E-state index is -3.25. The van der Waals surface area contributed by atoms with E-state index in [4.69, 9.17) is 0 Å². The molecule has 0 radical (unpaired) electrons. The largest absolute Gasteiger partial charge is 0.309 e. The van der Waals surface area contributed by atoms with Crippen LogP contribution in [0.1, 0.15) is 43.2 Å². The number of aromatic nitrogens is 1. The average Bonchev–Trinajstić information content (AvgIpc) is 3.85. The summed E-state index contributed by atoms with van der Waals surface area (Å²) in [4.78, 5) is 0. The maximum atomic E-state index is 16.0. The molecule has 0 amide bonds. The fraction of sp³-hybridized carbons (Fsp3) is 0.111. The molecule has 1 aliphatic carbocycles. The second-order valence-electron chi connectivity index (χ2n) is 15.9. The molecule has 0 atom stereocenters. The van der Waals surface area contributed by atoms with Crippen molar-refractivity contribution in [2.75, 3.05) is 0 Å². The van der Waals surface area contributed by atoms with Gasteiger partial charge in [0.05, 0.1) is 11.0 Å². The maximum Gasteiger partial charge on any atom is 0.172 e. The summed E-state index contributed by atoms with van der Waals surface area (Å²) in [6.45, 7) is 0. The van der Waals surface area contributed by atoms with Gasteiger partial charge in [-0.05, 0) is 77.6 Å². The Balaban J connectivity index is 1.03. The molecule has 0 N–H and O–H groups in total. The lowest BCUT2D eigenvalue weighted by Gasteiger charge is -2.39. The first-order valence-corrected chi connectivity index (χ1v) is 23.0. The molecular weight excluding hydrogens is 742 g/mol. The van der Waals surface area contributed by atoms with E-state index in [0.717, 1.165) is 50.0 Å². The van der Waals surface area contributed by atoms with Crippen LogP contribution >= 0.6 is 18.5 Å². The van der Waals surface area contributed by atoms with E-state index in [1.807, 2.05) is 60.7 Å². The van der Waals surface area contributed by atoms with Gasteiger partial charge in [-0.1, -0.05) is 171 Å². The molecule has 0 unspecified atom stereocenters. The third kappa shape index (κ3) is 5.56. The smallest absolute Gasteiger partial charge is 0.172 e. The van der Waals surface area contributed by atoms with E-state index in [1.165, 1.54) is 68.0 Å². The molecule has 1 saturated carbocycles. The first kappa shape index (κ1) is 35.2. The minimum Gasteiger partial charge on any atom is -0.309 e. The van der Waals surface area contributed by atoms with Crippen molar-refractivity contribution < 1.29 is 4.57 Å². The van der Waals surface area contributed by atoms with Crippen LogP contribution < -0.4 is 15.9 Å². The van der Waals surface area contributed by atoms with Gasteiger partial charge in [-0.25, -0.2) is 0 Å². The monoisotopic (exact) mass is 783 g/mol. The van der Waals surface area contributed by atoms with Gasteiger partial charge in [-0.2, -0.15) is 0 Å². The van der Waals surface area contributed by atoms with Crippen molar-refractivity contribution in [1.29, 1.82) is 0 Å². The zero-order valence-electron chi connectivity index (χ0n) is 32.2. The SMILES string of the molecule is O=P(c1ccccc1)(c1ccccc1)c1cc(-c2ccc(C3(c4ccc(-n5c6ccccc6c6ccccc65)cc4)CCCCC3)cc2)cc2c1sc1ccccc12. The van der Waals surface area contributed by atoms with Gasteiger partial charge in [0.15, 0.2) is 7.14 Å². The Morgan fingerprint density at radius 1 is 0.466 bits per heavy atom. The normalized spacial score (nSPS) is 14.4. The summed E-state index contributed by atoms with van der Waals surface area (Å²) >= 11 is 1.75. The molecule has 2 nitrogen and oxygen atoms in total. The summed E-state index contributed by atoms with van der Waals surface area (Å²) in [5.41, 5.74) is 8.62. The highest BCUT2D eigenvalue weighted by atomic mass is 32.1. The van der Waals surface area contributed by atoms with Gasteiger partial charge in [-0.15, -0.1) is 11.3 Å². The van der Waals surface area contributed by atoms with Gasteiger partial charge in [0.1, 0.15) is 0 Å². The molecule has 8 aromatic carbocycles. The van der Waals surface area contributed by atoms with Gasteiger partial charge in [0, 0.05) is 58.0 Å². The van der Waals surface area contributed by atoms with Crippen molar-refractivity contribution in [3.8, 4) is 16.8 Å². The molecule has 2 aromatic heterocycles. The number of rotatable bonds is 7. The van der Waals surface area contributed by atoms with Gasteiger partial charge in [0.25, 0.3) is 0 Å². The number of benzene rings is 8. The van der Waals surface area contributed by atoms with E-state index < -0.39 is 7.14 Å². The molecule has 58 heavy (non-hydrogen) atoms. The Kier molecular flexibility index (Phi) is 8.58. The molecule has 10 aromatic rings. The van der Waals surface area contributed by atoms with Crippen LogP contribution in [0.15, 0.2) is 194 Å². The zero-order valence-corrected chi connectivity index (χ0v) is 33.9. The summed E-state index contributed by atoms with van der Waals surface area (Å²) in [5.74, 6) is 0. The predicted molar refractivity (Wildman–Crippen MR) is 249 cm³/mol. The summed E-state index contributed by atoms with van der Waals surface area (Å²) in [7, 11) is -3.25. The van der Waals surface area contributed by atoms with Crippen LogP contribution in [0.5, 0.6) is 0 Å². The molecule has 1 aliphatic rings. The van der Waals surface area contributed by atoms with Crippen molar-refractivity contribution in [2.45, 2.75) is 37.5 Å². The van der Waals surface area contributed by atoms with E-state index in [2.05, 4.69) is 138 Å². The highest BCUT2D eigenvalue weighted by Crippen LogP contribution is 2.49. The van der Waals surface area contributed by atoms with Gasteiger partial charge in [-0.3, -0.25) is 0 Å². The molecule has 0 bridgehead atoms. The predicted octanol–water partition coefficient (Wildman–Crippen LogP) is 13.7. The first-order chi connectivity index (χ1) is 28.6. The number of para-hydroxylation sites is 2. The molecule has 0 aliphatic heterocycles. The number of hydrogen-bond acceptors (Lipinski definition) is 2. The van der Waals surface area contributed by atoms with Crippen molar-refractivity contribution in [3.63, 3.8) is 0 Å². The molecule has 280 valence electrons. The Hall–Kier alpha value is -5.99. The van der Waals surface area contributed by atoms with E-state index >= 15 is 4.57 Å². The van der Waals surface area contributed by atoms with Crippen LogP contribution in [0.3, 0.4) is 0 Å². The van der Waals surface area contributed by atoms with E-state index in [1.54, 1.807) is 11.3 Å². The summed E-state index contributed by atoms with van der Waals surface area (Å²) in [6.07, 6.45) is 5.98. The minimum absolute atomic E-state index is 0.0505. The van der Waals surface area contributed by atoms with E-state index in [-0.39, 0.29) is 5.41 Å². The van der Waals surface area contributed by atoms with Crippen molar-refractivity contribution >= 4 is 76.4 Å². The maximum absolute atomic E-state index is 16.0. The zero-order chi connectivity index (χ0) is 38.7. The highest BCUT2D eigenvalue weighted by molar-refractivity contribution is 7.86. The topological polar surface area (TPSA) is 22.0 Å². The fourth-order valence-electron chi connectivity index (χ4n) is 9.92. The lowest BCUT2D eigenvalue weighted by molar-refractivity contribution is 0.346. The molecular formula is C54H42NOPS. The molecule has 0 saturated heterocycles. The van der Waals surface area contributed by atoms with Crippen molar-refractivity contribution in [1.82, 2.24) is 4.57 Å². The summed E-state index contributed by atoms with van der Waals surface area (Å²) in [6, 6.07) is 69.7. The third-order valence-electron chi connectivity index (χ3n) is 12.8. The quantitative estimate of drug-likeness (QED) is 0.148. The molecule has 11 rings (SSSR count). The van der Waals surface area contributed by atoms with Crippen LogP contribution in [0.4, 0.5) is 0 Å². The van der Waals surface area contributed by atoms with E-state index in [9.17, 15) is 0 Å². The van der Waals surface area contributed by atoms with Crippen molar-refractivity contribution in [3.05, 3.63) is 205 Å². The lowest BCUT2D eigenvalue weighted by atomic mass is 9.65. The number of fused-ring (bicyclic) bond motifs is 6. The molecule has 4 heteroatoms. The molecule has 2 heterocycles. The second kappa shape index (κ2) is 14.1. The fourth-order valence-corrected chi connectivity index (χ4v) is 14.3. The van der Waals surface area contributed by atoms with Crippen LogP contribution in [0.2, 0.25) is 0 Å². The van der Waals surface area contributed by atoms with Crippen LogP contribution in [0, 0.1) is 0 Å². The second-order valence-corrected chi connectivity index (χ2v) is 19.7. The van der Waals surface area contributed by atoms with Crippen molar-refractivity contribution in [2.24, 2.45) is 0 Å². The van der Waals surface area contributed by atoms with Crippen LogP contribution in [0.25, 0.3) is 58.8 Å². The van der Waals surface area contributed by atoms with Gasteiger partial charge in [0.2, 0.25) is 0 Å². The lowest BCUT2D eigenvalue weighted by Crippen LogP contribution is -2.30. The Morgan fingerprint density at radius 3 is 1.59 bits per heavy atom. The first-order valence-electron chi connectivity index (χ1n) is 20.5. The Bertz CT molecular complexity index is 3060. The standard InChI is InChI=1S/C54H42NOPS/c56-57(43-16-4-1-5-17-43,44-18-6-2-7-19-44)51-37-39(36-48-47-22-10-13-25-52(47)58-53(48)51)38-26-28-40(29-27-38)54(34-14-3-15-35-54)41-30-32-42(33-31-41)55-49-23-11-8-20-45(49)46-21-9-12-24-50(46)55/h1-2,4-13,16-33,36-37H,3,14-15,34-35H2. The molecule has 1 fully saturated rings. The van der Waals surface area contributed by atoms with E-state index in [0.29, 0.717) is 0 Å². The Morgan fingerprint density at radius 2 is 0.983 bits per heavy atom. The van der Waals surface area contributed by atoms with Crippen LogP contribution in [-0.4, -0.2) is 4.57 Å². The Labute approximate surface area is 343 Å². The number of nitrogens with zero attached hydrogens (tertiary/aromatic N) is 1. The number of hydrogen-bond donors (Lipinski definition) is 0. The summed E-state index contributed by atoms with van der Waals surface area (Å²) in [5, 5.41) is 7.57. The number of thiophene rings is 1. The third-order valence-corrected chi connectivity index (χ3v) is 17.2.